The minimum absolute atomic E-state index is 0.0823. The Bertz CT molecular complexity index is 828. The Labute approximate surface area is 160 Å². The summed E-state index contributed by atoms with van der Waals surface area (Å²) in [6.45, 7) is 1.13. The summed E-state index contributed by atoms with van der Waals surface area (Å²) >= 11 is 5.79. The highest BCUT2D eigenvalue weighted by atomic mass is 35.5. The predicted molar refractivity (Wildman–Crippen MR) is 98.8 cm³/mol. The van der Waals surface area contributed by atoms with Crippen molar-refractivity contribution in [2.75, 3.05) is 11.9 Å². The van der Waals surface area contributed by atoms with E-state index in [0.29, 0.717) is 12.2 Å². The first kappa shape index (κ1) is 20.2. The van der Waals surface area contributed by atoms with Gasteiger partial charge in [0, 0.05) is 11.1 Å². The van der Waals surface area contributed by atoms with Crippen LogP contribution in [0, 0.1) is 10.1 Å². The van der Waals surface area contributed by atoms with Gasteiger partial charge < -0.3 is 14.8 Å². The molecule has 0 spiro atoms. The number of nitro groups is 1. The number of nitro benzene ring substituents is 1. The van der Waals surface area contributed by atoms with E-state index in [4.69, 9.17) is 21.1 Å². The largest absolute Gasteiger partial charge is 0.479 e. The normalized spacial score (nSPS) is 11.3. The summed E-state index contributed by atoms with van der Waals surface area (Å²) < 4.78 is 10.5. The van der Waals surface area contributed by atoms with Crippen molar-refractivity contribution in [3.05, 3.63) is 63.7 Å². The summed E-state index contributed by atoms with van der Waals surface area (Å²) in [5, 5.41) is 13.5. The highest BCUT2D eigenvalue weighted by Gasteiger charge is 2.22. The van der Waals surface area contributed by atoms with Gasteiger partial charge in [0.05, 0.1) is 4.92 Å². The number of anilines is 1. The van der Waals surface area contributed by atoms with Crippen molar-refractivity contribution in [2.45, 2.75) is 19.4 Å². The van der Waals surface area contributed by atoms with Crippen molar-refractivity contribution in [2.24, 2.45) is 0 Å². The molecule has 1 amide bonds. The zero-order valence-electron chi connectivity index (χ0n) is 14.4. The molecule has 8 nitrogen and oxygen atoms in total. The van der Waals surface area contributed by atoms with Crippen LogP contribution in [0.15, 0.2) is 48.5 Å². The zero-order chi connectivity index (χ0) is 19.8. The van der Waals surface area contributed by atoms with E-state index in [9.17, 15) is 19.7 Å². The number of carbonyl (C=O) groups excluding carboxylic acids is 2. The minimum Gasteiger partial charge on any atom is -0.479 e. The van der Waals surface area contributed by atoms with Crippen LogP contribution in [-0.4, -0.2) is 29.5 Å². The molecule has 2 aromatic rings. The van der Waals surface area contributed by atoms with Crippen LogP contribution in [0.1, 0.15) is 13.3 Å². The average molecular weight is 393 g/mol. The maximum atomic E-state index is 12.1. The Hall–Kier alpha value is -3.13. The molecule has 0 saturated heterocycles. The summed E-state index contributed by atoms with van der Waals surface area (Å²) in [5.74, 6) is -0.944. The van der Waals surface area contributed by atoms with Crippen molar-refractivity contribution in [3.63, 3.8) is 0 Å². The van der Waals surface area contributed by atoms with E-state index < -0.39 is 29.5 Å². The lowest BCUT2D eigenvalue weighted by Gasteiger charge is -2.16. The summed E-state index contributed by atoms with van der Waals surface area (Å²) in [6, 6.07) is 12.5. The number of nitrogens with zero attached hydrogens (tertiary/aromatic N) is 1. The first-order valence-corrected chi connectivity index (χ1v) is 8.40. The lowest BCUT2D eigenvalue weighted by atomic mass is 10.2. The van der Waals surface area contributed by atoms with Crippen molar-refractivity contribution in [1.82, 2.24) is 0 Å². The Balaban J connectivity index is 1.93. The van der Waals surface area contributed by atoms with Crippen LogP contribution >= 0.6 is 11.6 Å². The maximum Gasteiger partial charge on any atom is 0.347 e. The summed E-state index contributed by atoms with van der Waals surface area (Å²) in [4.78, 5) is 34.4. The molecule has 0 radical (unpaired) electrons. The standard InChI is InChI=1S/C18H17ClN2O6/c1-2-16(27-13-6-4-3-5-7-13)18(23)26-11-17(22)20-14-10-12(19)8-9-15(14)21(24)25/h3-10,16H,2,11H2,1H3,(H,20,22)/t16-/m0/s1. The van der Waals surface area contributed by atoms with Gasteiger partial charge in [-0.3, -0.25) is 14.9 Å². The molecule has 1 atom stereocenters. The number of benzene rings is 2. The predicted octanol–water partition coefficient (Wildman–Crippen LogP) is 3.59. The Morgan fingerprint density at radius 1 is 1.22 bits per heavy atom. The molecule has 9 heteroatoms. The number of halogens is 1. The number of nitrogens with one attached hydrogen (secondary N) is 1. The van der Waals surface area contributed by atoms with Crippen molar-refractivity contribution < 1.29 is 24.0 Å². The number of hydrogen-bond donors (Lipinski definition) is 1. The van der Waals surface area contributed by atoms with Crippen LogP contribution in [0.5, 0.6) is 5.75 Å². The van der Waals surface area contributed by atoms with Crippen LogP contribution in [0.4, 0.5) is 11.4 Å². The van der Waals surface area contributed by atoms with Gasteiger partial charge in [0.25, 0.3) is 11.6 Å². The molecule has 2 rings (SSSR count). The molecule has 0 unspecified atom stereocenters. The van der Waals surface area contributed by atoms with Crippen molar-refractivity contribution >= 4 is 34.9 Å². The van der Waals surface area contributed by atoms with Gasteiger partial charge in [-0.15, -0.1) is 0 Å². The molecule has 0 bridgehead atoms. The van der Waals surface area contributed by atoms with Gasteiger partial charge in [-0.2, -0.15) is 0 Å². The molecule has 1 N–H and O–H groups in total. The number of carbonyl (C=O) groups is 2. The van der Waals surface area contributed by atoms with Gasteiger partial charge in [0.1, 0.15) is 11.4 Å². The van der Waals surface area contributed by atoms with Crippen LogP contribution in [0.25, 0.3) is 0 Å². The smallest absolute Gasteiger partial charge is 0.347 e. The maximum absolute atomic E-state index is 12.1. The number of hydrogen-bond acceptors (Lipinski definition) is 6. The van der Waals surface area contributed by atoms with Gasteiger partial charge in [-0.25, -0.2) is 4.79 Å². The van der Waals surface area contributed by atoms with E-state index in [1.165, 1.54) is 18.2 Å². The van der Waals surface area contributed by atoms with Gasteiger partial charge in [-0.1, -0.05) is 36.7 Å². The molecule has 142 valence electrons. The summed E-state index contributed by atoms with van der Waals surface area (Å²) in [7, 11) is 0. The summed E-state index contributed by atoms with van der Waals surface area (Å²) in [6.07, 6.45) is -0.532. The summed E-state index contributed by atoms with van der Waals surface area (Å²) in [5.41, 5.74) is -0.404. The second kappa shape index (κ2) is 9.54. The molecule has 0 saturated carbocycles. The fourth-order valence-corrected chi connectivity index (χ4v) is 2.32. The Kier molecular flexibility index (Phi) is 7.13. The van der Waals surface area contributed by atoms with E-state index in [1.54, 1.807) is 31.2 Å². The van der Waals surface area contributed by atoms with E-state index in [2.05, 4.69) is 5.32 Å². The van der Waals surface area contributed by atoms with E-state index in [-0.39, 0.29) is 16.4 Å². The van der Waals surface area contributed by atoms with Crippen LogP contribution in [-0.2, 0) is 14.3 Å². The Morgan fingerprint density at radius 3 is 2.56 bits per heavy atom. The third-order valence-corrected chi connectivity index (χ3v) is 3.67. The molecular weight excluding hydrogens is 376 g/mol. The van der Waals surface area contributed by atoms with Crippen LogP contribution < -0.4 is 10.1 Å². The third-order valence-electron chi connectivity index (χ3n) is 3.43. The SMILES string of the molecule is CC[C@H](Oc1ccccc1)C(=O)OCC(=O)Nc1cc(Cl)ccc1[N+](=O)[O-]. The van der Waals surface area contributed by atoms with Crippen LogP contribution in [0.3, 0.4) is 0 Å². The second-order valence-electron chi connectivity index (χ2n) is 5.40. The fraction of sp³-hybridized carbons (Fsp3) is 0.222. The molecule has 0 fully saturated rings. The van der Waals surface area contributed by atoms with Gasteiger partial charge >= 0.3 is 5.97 Å². The topological polar surface area (TPSA) is 108 Å². The number of ether oxygens (including phenoxy) is 2. The van der Waals surface area contributed by atoms with E-state index in [0.717, 1.165) is 0 Å². The third kappa shape index (κ3) is 5.96. The number of esters is 1. The minimum atomic E-state index is -0.874. The highest BCUT2D eigenvalue weighted by Crippen LogP contribution is 2.27. The molecule has 0 aliphatic rings. The van der Waals surface area contributed by atoms with Gasteiger partial charge in [0.2, 0.25) is 0 Å². The van der Waals surface area contributed by atoms with Crippen molar-refractivity contribution in [1.29, 1.82) is 0 Å². The van der Waals surface area contributed by atoms with Gasteiger partial charge in [-0.05, 0) is 30.7 Å². The second-order valence-corrected chi connectivity index (χ2v) is 5.84. The lowest BCUT2D eigenvalue weighted by molar-refractivity contribution is -0.383. The lowest BCUT2D eigenvalue weighted by Crippen LogP contribution is -2.31. The zero-order valence-corrected chi connectivity index (χ0v) is 15.1. The van der Waals surface area contributed by atoms with E-state index >= 15 is 0 Å². The number of rotatable bonds is 8. The first-order chi connectivity index (χ1) is 12.9. The number of para-hydroxylation sites is 1. The first-order valence-electron chi connectivity index (χ1n) is 8.02. The molecule has 0 aliphatic carbocycles. The molecule has 0 heterocycles. The Morgan fingerprint density at radius 2 is 1.93 bits per heavy atom. The molecule has 0 aromatic heterocycles. The number of amides is 1. The average Bonchev–Trinajstić information content (AvgIpc) is 2.64. The van der Waals surface area contributed by atoms with Crippen molar-refractivity contribution in [3.8, 4) is 5.75 Å². The highest BCUT2D eigenvalue weighted by molar-refractivity contribution is 6.31. The molecule has 2 aromatic carbocycles. The van der Waals surface area contributed by atoms with E-state index in [1.807, 2.05) is 6.07 Å². The van der Waals surface area contributed by atoms with Crippen LogP contribution in [0.2, 0.25) is 5.02 Å². The molecular formula is C18H17ClN2O6. The van der Waals surface area contributed by atoms with Gasteiger partial charge in [0.15, 0.2) is 12.7 Å². The molecule has 0 aliphatic heterocycles. The molecule has 27 heavy (non-hydrogen) atoms. The monoisotopic (exact) mass is 392 g/mol. The fourth-order valence-electron chi connectivity index (χ4n) is 2.14. The quantitative estimate of drug-likeness (QED) is 0.418.